The van der Waals surface area contributed by atoms with Crippen LogP contribution in [0.1, 0.15) is 35.4 Å². The van der Waals surface area contributed by atoms with Crippen LogP contribution in [0.25, 0.3) is 11.3 Å². The zero-order valence-corrected chi connectivity index (χ0v) is 12.9. The highest BCUT2D eigenvalue weighted by Crippen LogP contribution is 2.49. The number of aliphatic hydroxyl groups excluding tert-OH is 1. The van der Waals surface area contributed by atoms with Crippen LogP contribution in [0.15, 0.2) is 43.0 Å². The van der Waals surface area contributed by atoms with Gasteiger partial charge in [0.1, 0.15) is 0 Å². The van der Waals surface area contributed by atoms with Gasteiger partial charge in [-0.05, 0) is 18.4 Å². The van der Waals surface area contributed by atoms with Crippen LogP contribution >= 0.6 is 0 Å². The van der Waals surface area contributed by atoms with Gasteiger partial charge in [0.15, 0.2) is 0 Å². The van der Waals surface area contributed by atoms with E-state index in [2.05, 4.69) is 38.9 Å². The summed E-state index contributed by atoms with van der Waals surface area (Å²) in [5.41, 5.74) is 5.69. The summed E-state index contributed by atoms with van der Waals surface area (Å²) in [6.07, 6.45) is 7.14. The van der Waals surface area contributed by atoms with Crippen molar-refractivity contribution in [3.05, 3.63) is 59.8 Å². The summed E-state index contributed by atoms with van der Waals surface area (Å²) in [7, 11) is 1.92. The van der Waals surface area contributed by atoms with Crippen molar-refractivity contribution in [2.24, 2.45) is 13.0 Å². The number of aryl methyl sites for hydroxylation is 2. The molecule has 1 N–H and O–H groups in total. The molecular weight excluding hydrogens is 288 g/mol. The van der Waals surface area contributed by atoms with Gasteiger partial charge in [0, 0.05) is 30.3 Å². The van der Waals surface area contributed by atoms with Gasteiger partial charge in [-0.1, -0.05) is 24.3 Å². The SMILES string of the molecule is Cn1cc2c(n1)CC[C@H]([C@@H]1c3ccccc3-c3cncn31)[C@@H]2O. The first kappa shape index (κ1) is 13.1. The molecule has 0 spiro atoms. The molecule has 23 heavy (non-hydrogen) atoms. The molecular formula is C18H18N4O. The Bertz CT molecular complexity index is 894. The van der Waals surface area contributed by atoms with Gasteiger partial charge in [-0.2, -0.15) is 5.10 Å². The van der Waals surface area contributed by atoms with E-state index in [-0.39, 0.29) is 12.0 Å². The van der Waals surface area contributed by atoms with E-state index in [1.165, 1.54) is 11.1 Å². The van der Waals surface area contributed by atoms with E-state index in [1.54, 1.807) is 0 Å². The summed E-state index contributed by atoms with van der Waals surface area (Å²) in [4.78, 5) is 4.33. The fraction of sp³-hybridized carbons (Fsp3) is 0.333. The smallest absolute Gasteiger partial charge is 0.0956 e. The van der Waals surface area contributed by atoms with E-state index in [9.17, 15) is 5.11 Å². The van der Waals surface area contributed by atoms with Gasteiger partial charge < -0.3 is 9.67 Å². The second-order valence-corrected chi connectivity index (χ2v) is 6.57. The van der Waals surface area contributed by atoms with Crippen molar-refractivity contribution < 1.29 is 5.11 Å². The Balaban J connectivity index is 1.63. The number of imidazole rings is 1. The molecule has 2 aliphatic rings. The first-order chi connectivity index (χ1) is 11.2. The van der Waals surface area contributed by atoms with Crippen LogP contribution in [-0.4, -0.2) is 24.4 Å². The minimum absolute atomic E-state index is 0.142. The molecule has 5 nitrogen and oxygen atoms in total. The maximum Gasteiger partial charge on any atom is 0.0956 e. The van der Waals surface area contributed by atoms with E-state index < -0.39 is 6.10 Å². The molecule has 0 amide bonds. The van der Waals surface area contributed by atoms with Crippen LogP contribution in [-0.2, 0) is 13.5 Å². The molecule has 1 aliphatic carbocycles. The zero-order valence-electron chi connectivity index (χ0n) is 12.9. The monoisotopic (exact) mass is 306 g/mol. The Morgan fingerprint density at radius 1 is 1.22 bits per heavy atom. The van der Waals surface area contributed by atoms with Crippen molar-refractivity contribution in [2.45, 2.75) is 25.0 Å². The quantitative estimate of drug-likeness (QED) is 0.751. The Kier molecular flexibility index (Phi) is 2.59. The summed E-state index contributed by atoms with van der Waals surface area (Å²) in [6, 6.07) is 8.62. The first-order valence-electron chi connectivity index (χ1n) is 8.05. The van der Waals surface area contributed by atoms with Gasteiger partial charge in [0.25, 0.3) is 0 Å². The molecule has 1 aliphatic heterocycles. The maximum absolute atomic E-state index is 11.0. The van der Waals surface area contributed by atoms with Gasteiger partial charge in [-0.25, -0.2) is 4.98 Å². The fourth-order valence-electron chi connectivity index (χ4n) is 4.33. The molecule has 5 rings (SSSR count). The van der Waals surface area contributed by atoms with Crippen LogP contribution in [0.5, 0.6) is 0 Å². The van der Waals surface area contributed by atoms with Gasteiger partial charge in [-0.15, -0.1) is 0 Å². The highest BCUT2D eigenvalue weighted by Gasteiger charge is 2.41. The van der Waals surface area contributed by atoms with E-state index in [0.29, 0.717) is 0 Å². The highest BCUT2D eigenvalue weighted by atomic mass is 16.3. The second kappa shape index (κ2) is 4.55. The predicted molar refractivity (Wildman–Crippen MR) is 85.8 cm³/mol. The number of benzene rings is 1. The number of nitrogens with zero attached hydrogens (tertiary/aromatic N) is 4. The lowest BCUT2D eigenvalue weighted by molar-refractivity contribution is 0.0718. The van der Waals surface area contributed by atoms with Crippen LogP contribution in [0.3, 0.4) is 0 Å². The number of hydrogen-bond donors (Lipinski definition) is 1. The topological polar surface area (TPSA) is 55.9 Å². The first-order valence-corrected chi connectivity index (χ1v) is 8.05. The minimum atomic E-state index is -0.487. The molecule has 3 atom stereocenters. The molecule has 5 heteroatoms. The van der Waals surface area contributed by atoms with E-state index in [1.807, 2.05) is 30.5 Å². The molecule has 0 saturated heterocycles. The molecule has 0 unspecified atom stereocenters. The summed E-state index contributed by atoms with van der Waals surface area (Å²) in [5.74, 6) is 0.142. The van der Waals surface area contributed by atoms with E-state index in [4.69, 9.17) is 0 Å². The van der Waals surface area contributed by atoms with Crippen LogP contribution in [0, 0.1) is 5.92 Å². The van der Waals surface area contributed by atoms with Gasteiger partial charge in [0.2, 0.25) is 0 Å². The standard InChI is InChI=1S/C18H18N4O/c1-21-9-14-15(20-21)7-6-13(18(14)23)17-12-5-3-2-4-11(12)16-8-19-10-22(16)17/h2-5,8-10,13,17-18,23H,6-7H2,1H3/t13-,17+,18+/m1/s1. The van der Waals surface area contributed by atoms with Crippen molar-refractivity contribution in [3.63, 3.8) is 0 Å². The maximum atomic E-state index is 11.0. The lowest BCUT2D eigenvalue weighted by Gasteiger charge is -2.33. The van der Waals surface area contributed by atoms with Crippen molar-refractivity contribution in [3.8, 4) is 11.3 Å². The number of aromatic nitrogens is 4. The molecule has 0 radical (unpaired) electrons. The van der Waals surface area contributed by atoms with E-state index in [0.717, 1.165) is 29.8 Å². The summed E-state index contributed by atoms with van der Waals surface area (Å²) < 4.78 is 4.03. The van der Waals surface area contributed by atoms with Gasteiger partial charge >= 0.3 is 0 Å². The fourth-order valence-corrected chi connectivity index (χ4v) is 4.33. The Morgan fingerprint density at radius 3 is 3.00 bits per heavy atom. The molecule has 0 bridgehead atoms. The van der Waals surface area contributed by atoms with E-state index >= 15 is 0 Å². The second-order valence-electron chi connectivity index (χ2n) is 6.57. The average Bonchev–Trinajstić information content (AvgIpc) is 3.22. The lowest BCUT2D eigenvalue weighted by Crippen LogP contribution is -2.28. The normalized spacial score (nSPS) is 25.0. The molecule has 116 valence electrons. The van der Waals surface area contributed by atoms with Gasteiger partial charge in [0.05, 0.1) is 36.1 Å². The molecule has 0 fully saturated rings. The third-order valence-electron chi connectivity index (χ3n) is 5.30. The lowest BCUT2D eigenvalue weighted by atomic mass is 9.78. The highest BCUT2D eigenvalue weighted by molar-refractivity contribution is 5.69. The third kappa shape index (κ3) is 1.71. The number of rotatable bonds is 1. The van der Waals surface area contributed by atoms with Crippen molar-refractivity contribution >= 4 is 0 Å². The Morgan fingerprint density at radius 2 is 2.09 bits per heavy atom. The Hall–Kier alpha value is -2.40. The summed E-state index contributed by atoms with van der Waals surface area (Å²) in [5, 5.41) is 15.5. The minimum Gasteiger partial charge on any atom is -0.388 e. The molecule has 3 heterocycles. The van der Waals surface area contributed by atoms with Gasteiger partial charge in [-0.3, -0.25) is 4.68 Å². The predicted octanol–water partition coefficient (Wildman–Crippen LogP) is 2.48. The van der Waals surface area contributed by atoms with Crippen molar-refractivity contribution in [1.29, 1.82) is 0 Å². The number of fused-ring (bicyclic) bond motifs is 4. The van der Waals surface area contributed by atoms with Crippen molar-refractivity contribution in [1.82, 2.24) is 19.3 Å². The van der Waals surface area contributed by atoms with Crippen LogP contribution in [0.2, 0.25) is 0 Å². The molecule has 0 saturated carbocycles. The summed E-state index contributed by atoms with van der Waals surface area (Å²) >= 11 is 0. The summed E-state index contributed by atoms with van der Waals surface area (Å²) in [6.45, 7) is 0. The van der Waals surface area contributed by atoms with Crippen molar-refractivity contribution in [2.75, 3.05) is 0 Å². The Labute approximate surface area is 134 Å². The molecule has 2 aromatic heterocycles. The largest absolute Gasteiger partial charge is 0.388 e. The van der Waals surface area contributed by atoms with Crippen LogP contribution in [0.4, 0.5) is 0 Å². The molecule has 1 aromatic carbocycles. The zero-order chi connectivity index (χ0) is 15.6. The number of hydrogen-bond acceptors (Lipinski definition) is 3. The number of aliphatic hydroxyl groups is 1. The third-order valence-corrected chi connectivity index (χ3v) is 5.30. The van der Waals surface area contributed by atoms with Crippen LogP contribution < -0.4 is 0 Å². The average molecular weight is 306 g/mol. The molecule has 3 aromatic rings.